The summed E-state index contributed by atoms with van der Waals surface area (Å²) in [6, 6.07) is 17.9. The molecular weight excluding hydrogens is 338 g/mol. The summed E-state index contributed by atoms with van der Waals surface area (Å²) in [5.41, 5.74) is 9.06. The zero-order chi connectivity index (χ0) is 18.6. The normalized spacial score (nSPS) is 10.9. The first kappa shape index (κ1) is 16.7. The highest BCUT2D eigenvalue weighted by Crippen LogP contribution is 2.20. The largest absolute Gasteiger partial charge is 0.399 e. The molecule has 3 aromatic heterocycles. The van der Waals surface area contributed by atoms with Crippen LogP contribution in [0.25, 0.3) is 10.9 Å². The van der Waals surface area contributed by atoms with E-state index in [1.54, 1.807) is 36.8 Å². The Labute approximate surface area is 156 Å². The molecule has 0 saturated carbocycles. The van der Waals surface area contributed by atoms with Crippen molar-refractivity contribution < 1.29 is 4.79 Å². The molecule has 0 radical (unpaired) electrons. The van der Waals surface area contributed by atoms with Crippen molar-refractivity contribution in [3.63, 3.8) is 0 Å². The average Bonchev–Trinajstić information content (AvgIpc) is 2.72. The maximum Gasteiger partial charge on any atom is 0.253 e. The fraction of sp³-hybridized carbons (Fsp3) is 0.0476. The molecule has 0 atom stereocenters. The van der Waals surface area contributed by atoms with Gasteiger partial charge < -0.3 is 11.1 Å². The predicted molar refractivity (Wildman–Crippen MR) is 104 cm³/mol. The monoisotopic (exact) mass is 355 g/mol. The van der Waals surface area contributed by atoms with Gasteiger partial charge in [0.1, 0.15) is 6.04 Å². The average molecular weight is 355 g/mol. The number of aromatic nitrogens is 3. The van der Waals surface area contributed by atoms with E-state index in [-0.39, 0.29) is 5.91 Å². The number of carbonyl (C=O) groups is 1. The molecule has 0 aliphatic carbocycles. The van der Waals surface area contributed by atoms with Crippen LogP contribution in [0.4, 0.5) is 5.69 Å². The highest BCUT2D eigenvalue weighted by molar-refractivity contribution is 5.98. The number of nitrogens with one attached hydrogen (secondary N) is 1. The Bertz CT molecular complexity index is 1040. The molecule has 132 valence electrons. The lowest BCUT2D eigenvalue weighted by atomic mass is 10.1. The van der Waals surface area contributed by atoms with Crippen LogP contribution in [0.2, 0.25) is 0 Å². The number of anilines is 1. The van der Waals surface area contributed by atoms with Gasteiger partial charge in [-0.2, -0.15) is 0 Å². The lowest BCUT2D eigenvalue weighted by molar-refractivity contribution is 0.0941. The lowest BCUT2D eigenvalue weighted by Gasteiger charge is -2.18. The highest BCUT2D eigenvalue weighted by Gasteiger charge is 2.20. The minimum Gasteiger partial charge on any atom is -0.399 e. The summed E-state index contributed by atoms with van der Waals surface area (Å²) < 4.78 is 0. The standard InChI is InChI=1S/C21H17N5O/c22-16-8-7-14-11-15(13-25-19(14)12-16)21(27)26-20(17-5-1-3-9-23-17)18-6-2-4-10-24-18/h1-13,20H,22H2,(H,26,27). The summed E-state index contributed by atoms with van der Waals surface area (Å²) in [5.74, 6) is -0.248. The van der Waals surface area contributed by atoms with Gasteiger partial charge in [-0.25, -0.2) is 0 Å². The Balaban J connectivity index is 1.67. The molecule has 4 aromatic rings. The number of carbonyl (C=O) groups excluding carboxylic acids is 1. The Morgan fingerprint density at radius 1 is 0.889 bits per heavy atom. The van der Waals surface area contributed by atoms with Crippen LogP contribution in [0.3, 0.4) is 0 Å². The smallest absolute Gasteiger partial charge is 0.253 e. The van der Waals surface area contributed by atoms with Gasteiger partial charge in [0, 0.05) is 29.7 Å². The molecule has 27 heavy (non-hydrogen) atoms. The van der Waals surface area contributed by atoms with Crippen LogP contribution in [0, 0.1) is 0 Å². The van der Waals surface area contributed by atoms with Gasteiger partial charge in [-0.3, -0.25) is 19.7 Å². The van der Waals surface area contributed by atoms with Crippen molar-refractivity contribution in [1.82, 2.24) is 20.3 Å². The number of pyridine rings is 3. The second kappa shape index (κ2) is 7.21. The molecule has 4 rings (SSSR count). The van der Waals surface area contributed by atoms with Gasteiger partial charge in [0.25, 0.3) is 5.91 Å². The molecule has 3 N–H and O–H groups in total. The first-order chi connectivity index (χ1) is 13.2. The van der Waals surface area contributed by atoms with Gasteiger partial charge >= 0.3 is 0 Å². The number of benzene rings is 1. The Kier molecular flexibility index (Phi) is 4.45. The van der Waals surface area contributed by atoms with E-state index in [2.05, 4.69) is 20.3 Å². The minimum absolute atomic E-state index is 0.248. The van der Waals surface area contributed by atoms with E-state index in [1.165, 1.54) is 0 Å². The third-order valence-electron chi connectivity index (χ3n) is 4.21. The second-order valence-electron chi connectivity index (χ2n) is 6.09. The Morgan fingerprint density at radius 3 is 2.22 bits per heavy atom. The summed E-state index contributed by atoms with van der Waals surface area (Å²) in [7, 11) is 0. The molecule has 0 fully saturated rings. The number of hydrogen-bond acceptors (Lipinski definition) is 5. The quantitative estimate of drug-likeness (QED) is 0.549. The summed E-state index contributed by atoms with van der Waals surface area (Å²) in [6.45, 7) is 0. The van der Waals surface area contributed by atoms with Crippen LogP contribution in [0.1, 0.15) is 27.8 Å². The highest BCUT2D eigenvalue weighted by atomic mass is 16.1. The van der Waals surface area contributed by atoms with Crippen LogP contribution < -0.4 is 11.1 Å². The maximum absolute atomic E-state index is 12.9. The number of nitrogens with two attached hydrogens (primary N) is 1. The summed E-state index contributed by atoms with van der Waals surface area (Å²) in [4.78, 5) is 26.0. The van der Waals surface area contributed by atoms with Gasteiger partial charge in [-0.05, 0) is 42.5 Å². The van der Waals surface area contributed by atoms with Gasteiger partial charge in [0.05, 0.1) is 22.5 Å². The molecule has 0 bridgehead atoms. The summed E-state index contributed by atoms with van der Waals surface area (Å²) in [5, 5.41) is 3.86. The van der Waals surface area contributed by atoms with Crippen molar-refractivity contribution in [2.24, 2.45) is 0 Å². The van der Waals surface area contributed by atoms with Crippen LogP contribution in [0.5, 0.6) is 0 Å². The topological polar surface area (TPSA) is 93.8 Å². The van der Waals surface area contributed by atoms with Crippen LogP contribution in [-0.2, 0) is 0 Å². The van der Waals surface area contributed by atoms with Crippen LogP contribution in [0.15, 0.2) is 79.3 Å². The van der Waals surface area contributed by atoms with Crippen molar-refractivity contribution in [1.29, 1.82) is 0 Å². The molecule has 0 spiro atoms. The second-order valence-corrected chi connectivity index (χ2v) is 6.09. The number of nitrogens with zero attached hydrogens (tertiary/aromatic N) is 3. The summed E-state index contributed by atoms with van der Waals surface area (Å²) >= 11 is 0. The van der Waals surface area contributed by atoms with E-state index in [0.29, 0.717) is 22.6 Å². The van der Waals surface area contributed by atoms with E-state index in [9.17, 15) is 4.79 Å². The van der Waals surface area contributed by atoms with Crippen molar-refractivity contribution in [2.45, 2.75) is 6.04 Å². The molecule has 6 heteroatoms. The van der Waals surface area contributed by atoms with Crippen molar-refractivity contribution >= 4 is 22.5 Å². The van der Waals surface area contributed by atoms with E-state index < -0.39 is 6.04 Å². The lowest BCUT2D eigenvalue weighted by Crippen LogP contribution is -2.30. The van der Waals surface area contributed by atoms with Gasteiger partial charge in [-0.1, -0.05) is 18.2 Å². The Morgan fingerprint density at radius 2 is 1.59 bits per heavy atom. The van der Waals surface area contributed by atoms with Crippen molar-refractivity contribution in [2.75, 3.05) is 5.73 Å². The number of hydrogen-bond donors (Lipinski definition) is 2. The summed E-state index contributed by atoms with van der Waals surface area (Å²) in [6.07, 6.45) is 4.93. The zero-order valence-corrected chi connectivity index (χ0v) is 14.4. The van der Waals surface area contributed by atoms with Crippen LogP contribution >= 0.6 is 0 Å². The van der Waals surface area contributed by atoms with Gasteiger partial charge in [-0.15, -0.1) is 0 Å². The van der Waals surface area contributed by atoms with E-state index in [1.807, 2.05) is 42.5 Å². The van der Waals surface area contributed by atoms with E-state index in [0.717, 1.165) is 10.9 Å². The fourth-order valence-corrected chi connectivity index (χ4v) is 2.87. The molecule has 6 nitrogen and oxygen atoms in total. The number of nitrogen functional groups attached to an aromatic ring is 1. The van der Waals surface area contributed by atoms with Crippen molar-refractivity contribution in [3.8, 4) is 0 Å². The molecule has 1 aromatic carbocycles. The van der Waals surface area contributed by atoms with E-state index in [4.69, 9.17) is 5.73 Å². The number of fused-ring (bicyclic) bond motifs is 1. The first-order valence-corrected chi connectivity index (χ1v) is 8.49. The van der Waals surface area contributed by atoms with Crippen molar-refractivity contribution in [3.05, 3.63) is 96.2 Å². The molecule has 0 aliphatic heterocycles. The molecule has 0 unspecified atom stereocenters. The molecule has 0 aliphatic rings. The molecule has 1 amide bonds. The Hall–Kier alpha value is -3.80. The van der Waals surface area contributed by atoms with Gasteiger partial charge in [0.2, 0.25) is 0 Å². The molecule has 3 heterocycles. The number of amides is 1. The zero-order valence-electron chi connectivity index (χ0n) is 14.4. The molecule has 0 saturated heterocycles. The first-order valence-electron chi connectivity index (χ1n) is 8.49. The fourth-order valence-electron chi connectivity index (χ4n) is 2.87. The van der Waals surface area contributed by atoms with Crippen LogP contribution in [-0.4, -0.2) is 20.9 Å². The minimum atomic E-state index is -0.456. The molecular formula is C21H17N5O. The van der Waals surface area contributed by atoms with E-state index >= 15 is 0 Å². The number of rotatable bonds is 4. The third-order valence-corrected chi connectivity index (χ3v) is 4.21. The third kappa shape index (κ3) is 3.59. The predicted octanol–water partition coefficient (Wildman–Crippen LogP) is 3.13. The van der Waals surface area contributed by atoms with Gasteiger partial charge in [0.15, 0.2) is 0 Å². The SMILES string of the molecule is Nc1ccc2cc(C(=O)NC(c3ccccn3)c3ccccn3)cnc2c1. The maximum atomic E-state index is 12.9.